The van der Waals surface area contributed by atoms with Crippen molar-refractivity contribution < 1.29 is 4.79 Å². The van der Waals surface area contributed by atoms with Crippen LogP contribution in [0.5, 0.6) is 0 Å². The Morgan fingerprint density at radius 1 is 1.44 bits per heavy atom. The quantitative estimate of drug-likeness (QED) is 0.781. The average molecular weight is 221 g/mol. The van der Waals surface area contributed by atoms with Crippen molar-refractivity contribution in [2.24, 2.45) is 5.73 Å². The fourth-order valence-electron chi connectivity index (χ4n) is 1.47. The lowest BCUT2D eigenvalue weighted by Gasteiger charge is -2.11. The van der Waals surface area contributed by atoms with E-state index in [0.29, 0.717) is 13.0 Å². The highest BCUT2D eigenvalue weighted by atomic mass is 16.1. The Kier molecular flexibility index (Phi) is 4.95. The van der Waals surface area contributed by atoms with Gasteiger partial charge in [-0.15, -0.1) is 0 Å². The van der Waals surface area contributed by atoms with Gasteiger partial charge in [-0.2, -0.15) is 0 Å². The van der Waals surface area contributed by atoms with Crippen molar-refractivity contribution in [2.45, 2.75) is 13.0 Å². The van der Waals surface area contributed by atoms with Gasteiger partial charge in [0.1, 0.15) is 0 Å². The molecule has 0 heterocycles. The molecule has 1 aromatic carbocycles. The summed E-state index contributed by atoms with van der Waals surface area (Å²) in [6, 6.07) is 7.84. The molecule has 16 heavy (non-hydrogen) atoms. The average Bonchev–Trinajstić information content (AvgIpc) is 2.17. The van der Waals surface area contributed by atoms with Gasteiger partial charge in [0.25, 0.3) is 0 Å². The van der Waals surface area contributed by atoms with Crippen molar-refractivity contribution in [1.29, 1.82) is 0 Å². The number of rotatable bonds is 5. The number of carbonyl (C=O) groups is 1. The van der Waals surface area contributed by atoms with Gasteiger partial charge in [0.15, 0.2) is 0 Å². The molecular weight excluding hydrogens is 202 g/mol. The Bertz CT molecular complexity index is 350. The molecular formula is C12H19N3O. The molecule has 1 aromatic rings. The fraction of sp³-hybridized carbons (Fsp3) is 0.417. The Labute approximate surface area is 96.4 Å². The number of anilines is 1. The highest BCUT2D eigenvalue weighted by Crippen LogP contribution is 2.11. The number of nitrogens with two attached hydrogens (primary N) is 1. The van der Waals surface area contributed by atoms with Gasteiger partial charge < -0.3 is 16.0 Å². The smallest absolute Gasteiger partial charge is 0.225 e. The first-order valence-corrected chi connectivity index (χ1v) is 5.35. The molecule has 0 saturated carbocycles. The standard InChI is InChI=1S/C12H19N3O/c1-15(2)9-10-4-3-5-11(8-10)14-12(16)6-7-13/h3-5,8H,6-7,9,13H2,1-2H3,(H,14,16). The fourth-order valence-corrected chi connectivity index (χ4v) is 1.47. The van der Waals surface area contributed by atoms with Gasteiger partial charge in [0, 0.05) is 25.2 Å². The van der Waals surface area contributed by atoms with E-state index in [-0.39, 0.29) is 5.91 Å². The SMILES string of the molecule is CN(C)Cc1cccc(NC(=O)CCN)c1. The van der Waals surface area contributed by atoms with Gasteiger partial charge in [0.05, 0.1) is 0 Å². The summed E-state index contributed by atoms with van der Waals surface area (Å²) in [5.74, 6) is -0.0375. The maximum Gasteiger partial charge on any atom is 0.225 e. The summed E-state index contributed by atoms with van der Waals surface area (Å²) >= 11 is 0. The van der Waals surface area contributed by atoms with Gasteiger partial charge in [-0.05, 0) is 31.8 Å². The highest BCUT2D eigenvalue weighted by molar-refractivity contribution is 5.90. The first kappa shape index (κ1) is 12.7. The predicted octanol–water partition coefficient (Wildman–Crippen LogP) is 1.04. The zero-order valence-corrected chi connectivity index (χ0v) is 9.86. The van der Waals surface area contributed by atoms with Crippen molar-refractivity contribution in [1.82, 2.24) is 4.90 Å². The van der Waals surface area contributed by atoms with Gasteiger partial charge >= 0.3 is 0 Å². The summed E-state index contributed by atoms with van der Waals surface area (Å²) in [6.45, 7) is 1.24. The summed E-state index contributed by atoms with van der Waals surface area (Å²) in [4.78, 5) is 13.4. The minimum atomic E-state index is -0.0375. The molecule has 3 N–H and O–H groups in total. The van der Waals surface area contributed by atoms with Crippen LogP contribution in [0.2, 0.25) is 0 Å². The van der Waals surface area contributed by atoms with Crippen molar-refractivity contribution in [2.75, 3.05) is 26.0 Å². The van der Waals surface area contributed by atoms with Crippen LogP contribution in [0.4, 0.5) is 5.69 Å². The predicted molar refractivity (Wildman–Crippen MR) is 66.1 cm³/mol. The maximum absolute atomic E-state index is 11.3. The third-order valence-corrected chi connectivity index (χ3v) is 2.08. The van der Waals surface area contributed by atoms with Crippen LogP contribution in [0.15, 0.2) is 24.3 Å². The minimum absolute atomic E-state index is 0.0375. The molecule has 0 aromatic heterocycles. The molecule has 0 unspecified atom stereocenters. The number of nitrogens with zero attached hydrogens (tertiary/aromatic N) is 1. The molecule has 0 aliphatic carbocycles. The number of carbonyl (C=O) groups excluding carboxylic acids is 1. The van der Waals surface area contributed by atoms with E-state index in [1.165, 1.54) is 5.56 Å². The second-order valence-corrected chi connectivity index (χ2v) is 4.03. The zero-order chi connectivity index (χ0) is 12.0. The van der Waals surface area contributed by atoms with E-state index in [2.05, 4.69) is 10.2 Å². The van der Waals surface area contributed by atoms with Crippen molar-refractivity contribution >= 4 is 11.6 Å². The van der Waals surface area contributed by atoms with Gasteiger partial charge in [0.2, 0.25) is 5.91 Å². The Balaban J connectivity index is 2.63. The molecule has 4 nitrogen and oxygen atoms in total. The van der Waals surface area contributed by atoms with Crippen LogP contribution in [-0.4, -0.2) is 31.4 Å². The number of benzene rings is 1. The lowest BCUT2D eigenvalue weighted by molar-refractivity contribution is -0.116. The summed E-state index contributed by atoms with van der Waals surface area (Å²) in [5, 5.41) is 2.82. The molecule has 0 bridgehead atoms. The normalized spacial score (nSPS) is 10.5. The summed E-state index contributed by atoms with van der Waals surface area (Å²) < 4.78 is 0. The first-order chi connectivity index (χ1) is 7.61. The molecule has 4 heteroatoms. The van der Waals surface area contributed by atoms with Crippen LogP contribution in [0.1, 0.15) is 12.0 Å². The topological polar surface area (TPSA) is 58.4 Å². The summed E-state index contributed by atoms with van der Waals surface area (Å²) in [6.07, 6.45) is 0.359. The lowest BCUT2D eigenvalue weighted by atomic mass is 10.2. The second kappa shape index (κ2) is 6.25. The molecule has 0 saturated heterocycles. The Morgan fingerprint density at radius 2 is 2.19 bits per heavy atom. The van der Waals surface area contributed by atoms with E-state index < -0.39 is 0 Å². The zero-order valence-electron chi connectivity index (χ0n) is 9.86. The molecule has 1 rings (SSSR count). The van der Waals surface area contributed by atoms with Crippen LogP contribution in [0.25, 0.3) is 0 Å². The van der Waals surface area contributed by atoms with Crippen LogP contribution in [-0.2, 0) is 11.3 Å². The van der Waals surface area contributed by atoms with Crippen molar-refractivity contribution in [3.05, 3.63) is 29.8 Å². The number of hydrogen-bond donors (Lipinski definition) is 2. The summed E-state index contributed by atoms with van der Waals surface area (Å²) in [5.41, 5.74) is 7.32. The van der Waals surface area contributed by atoms with E-state index in [9.17, 15) is 4.79 Å². The van der Waals surface area contributed by atoms with Crippen molar-refractivity contribution in [3.63, 3.8) is 0 Å². The van der Waals surface area contributed by atoms with Crippen LogP contribution in [0, 0.1) is 0 Å². The van der Waals surface area contributed by atoms with E-state index in [1.54, 1.807) is 0 Å². The highest BCUT2D eigenvalue weighted by Gasteiger charge is 2.02. The van der Waals surface area contributed by atoms with E-state index >= 15 is 0 Å². The van der Waals surface area contributed by atoms with Crippen LogP contribution >= 0.6 is 0 Å². The molecule has 0 aliphatic rings. The third kappa shape index (κ3) is 4.42. The maximum atomic E-state index is 11.3. The van der Waals surface area contributed by atoms with Gasteiger partial charge in [-0.25, -0.2) is 0 Å². The molecule has 1 amide bonds. The largest absolute Gasteiger partial charge is 0.330 e. The van der Waals surface area contributed by atoms with Crippen molar-refractivity contribution in [3.8, 4) is 0 Å². The van der Waals surface area contributed by atoms with Gasteiger partial charge in [-0.3, -0.25) is 4.79 Å². The minimum Gasteiger partial charge on any atom is -0.330 e. The van der Waals surface area contributed by atoms with E-state index in [1.807, 2.05) is 38.4 Å². The van der Waals surface area contributed by atoms with Crippen LogP contribution in [0.3, 0.4) is 0 Å². The summed E-state index contributed by atoms with van der Waals surface area (Å²) in [7, 11) is 4.03. The monoisotopic (exact) mass is 221 g/mol. The second-order valence-electron chi connectivity index (χ2n) is 4.03. The molecule has 0 atom stereocenters. The molecule has 0 radical (unpaired) electrons. The first-order valence-electron chi connectivity index (χ1n) is 5.35. The Hall–Kier alpha value is -1.39. The van der Waals surface area contributed by atoms with E-state index in [0.717, 1.165) is 12.2 Å². The third-order valence-electron chi connectivity index (χ3n) is 2.08. The molecule has 0 fully saturated rings. The van der Waals surface area contributed by atoms with Crippen LogP contribution < -0.4 is 11.1 Å². The van der Waals surface area contributed by atoms with Gasteiger partial charge in [-0.1, -0.05) is 12.1 Å². The Morgan fingerprint density at radius 3 is 2.81 bits per heavy atom. The molecule has 88 valence electrons. The molecule has 0 aliphatic heterocycles. The lowest BCUT2D eigenvalue weighted by Crippen LogP contribution is -2.16. The van der Waals surface area contributed by atoms with E-state index in [4.69, 9.17) is 5.73 Å². The number of amides is 1. The number of hydrogen-bond acceptors (Lipinski definition) is 3. The molecule has 0 spiro atoms. The number of nitrogens with one attached hydrogen (secondary N) is 1.